The number of hydrogen-bond acceptors (Lipinski definition) is 2. The van der Waals surface area contributed by atoms with Gasteiger partial charge in [-0.25, -0.2) is 0 Å². The van der Waals surface area contributed by atoms with E-state index in [-0.39, 0.29) is 11.1 Å². The molecule has 1 saturated heterocycles. The molecule has 2 nitrogen and oxygen atoms in total. The Kier molecular flexibility index (Phi) is 3.24. The Morgan fingerprint density at radius 2 is 1.53 bits per heavy atom. The Balaban J connectivity index is 2.87. The summed E-state index contributed by atoms with van der Waals surface area (Å²) in [5.41, 5.74) is 0.850. The molecule has 0 amide bonds. The lowest BCUT2D eigenvalue weighted by atomic mass is 9.91. The number of nitrogens with one attached hydrogen (secondary N) is 1. The predicted molar refractivity (Wildman–Crippen MR) is 67.2 cm³/mol. The van der Waals surface area contributed by atoms with E-state index in [1.807, 2.05) is 0 Å². The normalized spacial score (nSPS) is 27.4. The van der Waals surface area contributed by atoms with Crippen LogP contribution < -0.4 is 5.32 Å². The van der Waals surface area contributed by atoms with Crippen LogP contribution in [0.15, 0.2) is 0 Å². The fraction of sp³-hybridized carbons (Fsp3) is 1.00. The van der Waals surface area contributed by atoms with Gasteiger partial charge in [0.25, 0.3) is 0 Å². The van der Waals surface area contributed by atoms with Crippen molar-refractivity contribution in [3.63, 3.8) is 0 Å². The van der Waals surface area contributed by atoms with Gasteiger partial charge in [0.1, 0.15) is 0 Å². The van der Waals surface area contributed by atoms with Crippen molar-refractivity contribution in [3.05, 3.63) is 0 Å². The van der Waals surface area contributed by atoms with Crippen molar-refractivity contribution in [1.82, 2.24) is 10.2 Å². The molecule has 1 fully saturated rings. The molecule has 2 heteroatoms. The van der Waals surface area contributed by atoms with E-state index in [0.29, 0.717) is 5.41 Å². The topological polar surface area (TPSA) is 15.3 Å². The van der Waals surface area contributed by atoms with Crippen molar-refractivity contribution in [2.45, 2.75) is 59.5 Å². The SMILES string of the molecule is CC1(C)CNC(C)(C)CN(C(C)(C)C)C1. The maximum absolute atomic E-state index is 3.67. The van der Waals surface area contributed by atoms with Crippen LogP contribution in [0.5, 0.6) is 0 Å². The summed E-state index contributed by atoms with van der Waals surface area (Å²) in [6.07, 6.45) is 0. The maximum atomic E-state index is 3.67. The zero-order chi connectivity index (χ0) is 11.9. The van der Waals surface area contributed by atoms with Crippen molar-refractivity contribution in [3.8, 4) is 0 Å². The number of rotatable bonds is 0. The largest absolute Gasteiger partial charge is 0.310 e. The summed E-state index contributed by atoms with van der Waals surface area (Å²) < 4.78 is 0. The first-order chi connectivity index (χ1) is 6.52. The van der Waals surface area contributed by atoms with Crippen LogP contribution in [0.2, 0.25) is 0 Å². The first-order valence-electron chi connectivity index (χ1n) is 6.02. The molecule has 0 spiro atoms. The highest BCUT2D eigenvalue weighted by molar-refractivity contribution is 4.94. The molecule has 0 aromatic heterocycles. The molecule has 1 heterocycles. The Bertz CT molecular complexity index is 205. The van der Waals surface area contributed by atoms with Crippen LogP contribution in [-0.2, 0) is 0 Å². The first kappa shape index (κ1) is 13.0. The Morgan fingerprint density at radius 1 is 1.00 bits per heavy atom. The van der Waals surface area contributed by atoms with Crippen molar-refractivity contribution in [1.29, 1.82) is 0 Å². The first-order valence-corrected chi connectivity index (χ1v) is 6.02. The van der Waals surface area contributed by atoms with E-state index >= 15 is 0 Å². The van der Waals surface area contributed by atoms with E-state index in [1.165, 1.54) is 6.54 Å². The van der Waals surface area contributed by atoms with E-state index < -0.39 is 0 Å². The molecular formula is C13H28N2. The van der Waals surface area contributed by atoms with E-state index in [0.717, 1.165) is 13.1 Å². The quantitative estimate of drug-likeness (QED) is 0.664. The third kappa shape index (κ3) is 3.76. The molecular weight excluding hydrogens is 184 g/mol. The van der Waals surface area contributed by atoms with Gasteiger partial charge >= 0.3 is 0 Å². The highest BCUT2D eigenvalue weighted by atomic mass is 15.2. The van der Waals surface area contributed by atoms with Crippen molar-refractivity contribution in [2.75, 3.05) is 19.6 Å². The van der Waals surface area contributed by atoms with Gasteiger partial charge in [-0.3, -0.25) is 4.90 Å². The zero-order valence-electron chi connectivity index (χ0n) is 11.6. The minimum Gasteiger partial charge on any atom is -0.310 e. The molecule has 1 aliphatic rings. The summed E-state index contributed by atoms with van der Waals surface area (Å²) in [6.45, 7) is 19.6. The molecule has 0 aliphatic carbocycles. The van der Waals surface area contributed by atoms with Gasteiger partial charge in [-0.2, -0.15) is 0 Å². The zero-order valence-corrected chi connectivity index (χ0v) is 11.6. The highest BCUT2D eigenvalue weighted by Crippen LogP contribution is 2.27. The average Bonchev–Trinajstić information content (AvgIpc) is 2.07. The molecule has 15 heavy (non-hydrogen) atoms. The molecule has 0 saturated carbocycles. The standard InChI is InChI=1S/C13H28N2/c1-11(2,3)15-9-12(4,5)8-14-13(6,7)10-15/h14H,8-10H2,1-7H3. The molecule has 0 radical (unpaired) electrons. The van der Waals surface area contributed by atoms with Crippen molar-refractivity contribution < 1.29 is 0 Å². The average molecular weight is 212 g/mol. The van der Waals surface area contributed by atoms with Crippen LogP contribution in [0.1, 0.15) is 48.5 Å². The lowest BCUT2D eigenvalue weighted by Gasteiger charge is -2.40. The van der Waals surface area contributed by atoms with Gasteiger partial charge in [0.2, 0.25) is 0 Å². The van der Waals surface area contributed by atoms with Crippen molar-refractivity contribution in [2.24, 2.45) is 5.41 Å². The van der Waals surface area contributed by atoms with E-state index in [2.05, 4.69) is 58.7 Å². The fourth-order valence-electron chi connectivity index (χ4n) is 2.11. The molecule has 1 aliphatic heterocycles. The molecule has 0 atom stereocenters. The van der Waals surface area contributed by atoms with Gasteiger partial charge in [-0.05, 0) is 40.0 Å². The molecule has 0 unspecified atom stereocenters. The predicted octanol–water partition coefficient (Wildman–Crippen LogP) is 2.49. The van der Waals surface area contributed by atoms with Crippen LogP contribution >= 0.6 is 0 Å². The Hall–Kier alpha value is -0.0800. The minimum absolute atomic E-state index is 0.223. The second kappa shape index (κ2) is 3.74. The van der Waals surface area contributed by atoms with E-state index in [1.54, 1.807) is 0 Å². The maximum Gasteiger partial charge on any atom is 0.0252 e. The third-order valence-electron chi connectivity index (χ3n) is 3.20. The van der Waals surface area contributed by atoms with Crippen LogP contribution in [0.3, 0.4) is 0 Å². The number of nitrogens with zero attached hydrogens (tertiary/aromatic N) is 1. The summed E-state index contributed by atoms with van der Waals surface area (Å²) in [4.78, 5) is 2.60. The van der Waals surface area contributed by atoms with Crippen LogP contribution in [0.4, 0.5) is 0 Å². The van der Waals surface area contributed by atoms with Crippen LogP contribution in [0.25, 0.3) is 0 Å². The molecule has 0 aromatic rings. The van der Waals surface area contributed by atoms with Gasteiger partial charge < -0.3 is 5.32 Å². The second-order valence-corrected chi connectivity index (χ2v) is 7.43. The summed E-state index contributed by atoms with van der Waals surface area (Å²) >= 11 is 0. The molecule has 1 rings (SSSR count). The molecule has 90 valence electrons. The number of hydrogen-bond donors (Lipinski definition) is 1. The lowest BCUT2D eigenvalue weighted by Crippen LogP contribution is -2.51. The van der Waals surface area contributed by atoms with Gasteiger partial charge in [0.05, 0.1) is 0 Å². The van der Waals surface area contributed by atoms with Gasteiger partial charge in [0, 0.05) is 30.7 Å². The molecule has 1 N–H and O–H groups in total. The van der Waals surface area contributed by atoms with Crippen LogP contribution in [0, 0.1) is 5.41 Å². The molecule has 0 aromatic carbocycles. The summed E-state index contributed by atoms with van der Waals surface area (Å²) in [7, 11) is 0. The third-order valence-corrected chi connectivity index (χ3v) is 3.20. The molecule has 0 bridgehead atoms. The Labute approximate surface area is 95.4 Å². The van der Waals surface area contributed by atoms with Crippen LogP contribution in [-0.4, -0.2) is 35.6 Å². The van der Waals surface area contributed by atoms with E-state index in [4.69, 9.17) is 0 Å². The van der Waals surface area contributed by atoms with E-state index in [9.17, 15) is 0 Å². The smallest absolute Gasteiger partial charge is 0.0252 e. The van der Waals surface area contributed by atoms with Gasteiger partial charge in [-0.15, -0.1) is 0 Å². The summed E-state index contributed by atoms with van der Waals surface area (Å²) in [6, 6.07) is 0. The fourth-order valence-corrected chi connectivity index (χ4v) is 2.11. The monoisotopic (exact) mass is 212 g/mol. The lowest BCUT2D eigenvalue weighted by molar-refractivity contribution is 0.0885. The van der Waals surface area contributed by atoms with Crippen molar-refractivity contribution >= 4 is 0 Å². The summed E-state index contributed by atoms with van der Waals surface area (Å²) in [5.74, 6) is 0. The second-order valence-electron chi connectivity index (χ2n) is 7.43. The summed E-state index contributed by atoms with van der Waals surface area (Å²) in [5, 5.41) is 3.67. The van der Waals surface area contributed by atoms with Gasteiger partial charge in [0.15, 0.2) is 0 Å². The Morgan fingerprint density at radius 3 is 2.00 bits per heavy atom. The minimum atomic E-state index is 0.223. The van der Waals surface area contributed by atoms with Gasteiger partial charge in [-0.1, -0.05) is 13.8 Å². The highest BCUT2D eigenvalue weighted by Gasteiger charge is 2.36.